The van der Waals surface area contributed by atoms with Crippen LogP contribution in [0.3, 0.4) is 0 Å². The number of hydrogen-bond donors (Lipinski definition) is 0. The number of nitrogens with zero attached hydrogens (tertiary/aromatic N) is 1. The Balaban J connectivity index is 1.53. The summed E-state index contributed by atoms with van der Waals surface area (Å²) in [6, 6.07) is 7.10. The highest BCUT2D eigenvalue weighted by molar-refractivity contribution is 7.86. The van der Waals surface area contributed by atoms with Crippen molar-refractivity contribution in [2.24, 2.45) is 0 Å². The van der Waals surface area contributed by atoms with Crippen LogP contribution in [0.4, 0.5) is 0 Å². The lowest BCUT2D eigenvalue weighted by molar-refractivity contribution is -0.159. The summed E-state index contributed by atoms with van der Waals surface area (Å²) in [4.78, 5) is 2.50. The smallest absolute Gasteiger partial charge is 0.297 e. The molecule has 1 aromatic rings. The van der Waals surface area contributed by atoms with Crippen LogP contribution in [-0.4, -0.2) is 50.8 Å². The molecule has 3 fully saturated rings. The summed E-state index contributed by atoms with van der Waals surface area (Å²) in [6.45, 7) is 3.55. The minimum atomic E-state index is -3.71. The summed E-state index contributed by atoms with van der Waals surface area (Å²) in [5.41, 5.74) is 1.02. The monoisotopic (exact) mass is 295 g/mol. The molecular formula is C14H17NO4S. The Hall–Kier alpha value is -0.950. The maximum atomic E-state index is 12.3. The van der Waals surface area contributed by atoms with E-state index in [9.17, 15) is 8.42 Å². The van der Waals surface area contributed by atoms with Crippen molar-refractivity contribution in [3.8, 4) is 0 Å². The molecule has 5 nitrogen and oxygen atoms in total. The lowest BCUT2D eigenvalue weighted by atomic mass is 9.98. The van der Waals surface area contributed by atoms with Crippen LogP contribution >= 0.6 is 0 Å². The molecule has 0 unspecified atom stereocenters. The zero-order valence-electron chi connectivity index (χ0n) is 11.2. The molecule has 1 aromatic carbocycles. The van der Waals surface area contributed by atoms with E-state index in [1.165, 1.54) is 0 Å². The van der Waals surface area contributed by atoms with E-state index in [0.717, 1.165) is 18.5 Å². The molecule has 0 aromatic heterocycles. The number of benzene rings is 1. The molecule has 3 aliphatic heterocycles. The third kappa shape index (κ3) is 1.83. The molecule has 3 saturated heterocycles. The van der Waals surface area contributed by atoms with Crippen molar-refractivity contribution in [1.29, 1.82) is 0 Å². The fourth-order valence-electron chi connectivity index (χ4n) is 3.47. The van der Waals surface area contributed by atoms with Gasteiger partial charge in [-0.1, -0.05) is 17.7 Å². The van der Waals surface area contributed by atoms with Gasteiger partial charge in [-0.15, -0.1) is 0 Å². The second-order valence-electron chi connectivity index (χ2n) is 5.82. The van der Waals surface area contributed by atoms with Gasteiger partial charge in [0.1, 0.15) is 12.2 Å². The summed E-state index contributed by atoms with van der Waals surface area (Å²) in [5.74, 6) is 0. The lowest BCUT2D eigenvalue weighted by Crippen LogP contribution is -2.54. The molecule has 0 bridgehead atoms. The molecule has 6 heteroatoms. The molecule has 0 aliphatic carbocycles. The molecule has 4 rings (SSSR count). The van der Waals surface area contributed by atoms with Crippen molar-refractivity contribution in [3.05, 3.63) is 29.8 Å². The number of ether oxygens (including phenoxy) is 1. The predicted molar refractivity (Wildman–Crippen MR) is 71.9 cm³/mol. The molecular weight excluding hydrogens is 278 g/mol. The highest BCUT2D eigenvalue weighted by Crippen LogP contribution is 2.43. The van der Waals surface area contributed by atoms with Crippen LogP contribution in [0.2, 0.25) is 0 Å². The molecule has 0 amide bonds. The van der Waals surface area contributed by atoms with Crippen molar-refractivity contribution in [2.75, 3.05) is 13.1 Å². The van der Waals surface area contributed by atoms with Gasteiger partial charge in [-0.05, 0) is 25.5 Å². The summed E-state index contributed by atoms with van der Waals surface area (Å²) in [5, 5.41) is 0. The van der Waals surface area contributed by atoms with Gasteiger partial charge < -0.3 is 4.74 Å². The minimum absolute atomic E-state index is 0.0808. The van der Waals surface area contributed by atoms with Crippen LogP contribution in [-0.2, 0) is 19.0 Å². The van der Waals surface area contributed by atoms with Gasteiger partial charge in [0.25, 0.3) is 10.1 Å². The van der Waals surface area contributed by atoms with Gasteiger partial charge in [0.05, 0.1) is 17.0 Å². The van der Waals surface area contributed by atoms with Gasteiger partial charge >= 0.3 is 0 Å². The van der Waals surface area contributed by atoms with Crippen molar-refractivity contribution in [3.63, 3.8) is 0 Å². The fourth-order valence-corrected chi connectivity index (χ4v) is 4.55. The molecule has 20 heavy (non-hydrogen) atoms. The van der Waals surface area contributed by atoms with Gasteiger partial charge in [-0.25, -0.2) is 0 Å². The first kappa shape index (κ1) is 12.8. The second kappa shape index (κ2) is 4.27. The Labute approximate surface area is 118 Å². The number of hydrogen-bond acceptors (Lipinski definition) is 5. The Kier molecular flexibility index (Phi) is 2.73. The summed E-state index contributed by atoms with van der Waals surface area (Å²) in [7, 11) is -3.71. The van der Waals surface area contributed by atoms with Crippen LogP contribution in [0, 0.1) is 6.92 Å². The minimum Gasteiger partial charge on any atom is -0.369 e. The average molecular weight is 295 g/mol. The first-order valence-corrected chi connectivity index (χ1v) is 8.35. The van der Waals surface area contributed by atoms with E-state index in [-0.39, 0.29) is 23.2 Å². The standard InChI is InChI=1S/C14H17NO4S/c1-9-2-4-10(5-3-9)20(16,17)19-12-8-15-7-6-11-13(15)14(12)18-11/h2-5,11-14H,6-8H2,1H3/t11-,12-,13+,14+/m0/s1. The maximum absolute atomic E-state index is 12.3. The fraction of sp³-hybridized carbons (Fsp3) is 0.571. The van der Waals surface area contributed by atoms with E-state index >= 15 is 0 Å². The van der Waals surface area contributed by atoms with E-state index in [0.29, 0.717) is 12.6 Å². The van der Waals surface area contributed by atoms with E-state index < -0.39 is 10.1 Å². The Morgan fingerprint density at radius 3 is 2.75 bits per heavy atom. The molecule has 0 saturated carbocycles. The second-order valence-corrected chi connectivity index (χ2v) is 7.39. The van der Waals surface area contributed by atoms with Crippen LogP contribution in [0.15, 0.2) is 29.2 Å². The molecule has 3 heterocycles. The first-order chi connectivity index (χ1) is 9.54. The topological polar surface area (TPSA) is 55.8 Å². The summed E-state index contributed by atoms with van der Waals surface area (Å²) in [6.07, 6.45) is 0.889. The van der Waals surface area contributed by atoms with E-state index in [1.54, 1.807) is 24.3 Å². The highest BCUT2D eigenvalue weighted by Gasteiger charge is 2.59. The maximum Gasteiger partial charge on any atom is 0.297 e. The molecule has 4 atom stereocenters. The SMILES string of the molecule is Cc1ccc(S(=O)(=O)O[C@H]2CN3CC[C@@H]4O[C@H]2[C@@H]43)cc1. The Morgan fingerprint density at radius 2 is 2.05 bits per heavy atom. The third-order valence-corrected chi connectivity index (χ3v) is 5.86. The molecule has 0 spiro atoms. The average Bonchev–Trinajstić information content (AvgIpc) is 2.76. The van der Waals surface area contributed by atoms with Crippen LogP contribution < -0.4 is 0 Å². The lowest BCUT2D eigenvalue weighted by Gasteiger charge is -2.39. The summed E-state index contributed by atoms with van der Waals surface area (Å²) < 4.78 is 35.7. The van der Waals surface area contributed by atoms with Crippen LogP contribution in [0.25, 0.3) is 0 Å². The molecule has 0 radical (unpaired) electrons. The van der Waals surface area contributed by atoms with Gasteiger partial charge in [0.2, 0.25) is 0 Å². The predicted octanol–water partition coefficient (Wildman–Crippen LogP) is 0.924. The highest BCUT2D eigenvalue weighted by atomic mass is 32.2. The quantitative estimate of drug-likeness (QED) is 0.776. The van der Waals surface area contributed by atoms with Gasteiger partial charge in [-0.2, -0.15) is 8.42 Å². The third-order valence-electron chi connectivity index (χ3n) is 4.51. The Morgan fingerprint density at radius 1 is 1.30 bits per heavy atom. The van der Waals surface area contributed by atoms with E-state index in [1.807, 2.05) is 6.92 Å². The molecule has 0 N–H and O–H groups in total. The van der Waals surface area contributed by atoms with Gasteiger partial charge in [-0.3, -0.25) is 9.08 Å². The Bertz CT molecular complexity index is 627. The molecule has 3 aliphatic rings. The van der Waals surface area contributed by atoms with Crippen molar-refractivity contribution >= 4 is 10.1 Å². The van der Waals surface area contributed by atoms with Gasteiger partial charge in [0, 0.05) is 13.1 Å². The van der Waals surface area contributed by atoms with E-state index in [2.05, 4.69) is 4.90 Å². The first-order valence-electron chi connectivity index (χ1n) is 6.94. The van der Waals surface area contributed by atoms with Crippen molar-refractivity contribution < 1.29 is 17.3 Å². The number of aryl methyl sites for hydroxylation is 1. The zero-order chi connectivity index (χ0) is 13.9. The van der Waals surface area contributed by atoms with Crippen LogP contribution in [0.1, 0.15) is 12.0 Å². The summed E-state index contributed by atoms with van der Waals surface area (Å²) >= 11 is 0. The van der Waals surface area contributed by atoms with E-state index in [4.69, 9.17) is 8.92 Å². The normalized spacial score (nSPS) is 35.9. The largest absolute Gasteiger partial charge is 0.369 e. The molecule has 108 valence electrons. The van der Waals surface area contributed by atoms with Crippen molar-refractivity contribution in [1.82, 2.24) is 4.90 Å². The van der Waals surface area contributed by atoms with Crippen LogP contribution in [0.5, 0.6) is 0 Å². The zero-order valence-corrected chi connectivity index (χ0v) is 12.0. The van der Waals surface area contributed by atoms with Gasteiger partial charge in [0.15, 0.2) is 0 Å². The number of rotatable bonds is 3. The van der Waals surface area contributed by atoms with Crippen molar-refractivity contribution in [2.45, 2.75) is 42.6 Å².